The summed E-state index contributed by atoms with van der Waals surface area (Å²) in [5.41, 5.74) is 7.07. The topological polar surface area (TPSA) is 83.0 Å². The van der Waals surface area contributed by atoms with Crippen LogP contribution in [0, 0.1) is 0 Å². The molecule has 0 fully saturated rings. The van der Waals surface area contributed by atoms with Gasteiger partial charge in [-0.25, -0.2) is 10.4 Å². The third-order valence-corrected chi connectivity index (χ3v) is 4.99. The summed E-state index contributed by atoms with van der Waals surface area (Å²) in [6, 6.07) is 19.1. The van der Waals surface area contributed by atoms with E-state index in [1.807, 2.05) is 48.5 Å². The number of H-pyrrole nitrogens is 1. The highest BCUT2D eigenvalue weighted by Crippen LogP contribution is 2.23. The van der Waals surface area contributed by atoms with Gasteiger partial charge >= 0.3 is 0 Å². The van der Waals surface area contributed by atoms with Crippen molar-refractivity contribution in [1.29, 1.82) is 0 Å². The SMILES string of the molecule is O=C(NN=Cc1ccncc1)c1ccc(CSc2nc3ccccc3[nH]2)cc1. The number of nitrogens with zero attached hydrogens (tertiary/aromatic N) is 3. The third-order valence-electron chi connectivity index (χ3n) is 4.05. The summed E-state index contributed by atoms with van der Waals surface area (Å²) >= 11 is 1.63. The van der Waals surface area contributed by atoms with Crippen LogP contribution in [0.15, 0.2) is 83.3 Å². The minimum Gasteiger partial charge on any atom is -0.333 e. The van der Waals surface area contributed by atoms with Gasteiger partial charge < -0.3 is 4.98 Å². The maximum Gasteiger partial charge on any atom is 0.271 e. The molecule has 0 aliphatic rings. The van der Waals surface area contributed by atoms with Crippen molar-refractivity contribution in [2.24, 2.45) is 5.10 Å². The van der Waals surface area contributed by atoms with Crippen LogP contribution in [0.1, 0.15) is 21.5 Å². The Hall–Kier alpha value is -3.45. The molecule has 6 nitrogen and oxygen atoms in total. The lowest BCUT2D eigenvalue weighted by Gasteiger charge is -2.03. The summed E-state index contributed by atoms with van der Waals surface area (Å²) in [6.45, 7) is 0. The lowest BCUT2D eigenvalue weighted by molar-refractivity contribution is 0.0955. The number of amides is 1. The third kappa shape index (κ3) is 4.44. The lowest BCUT2D eigenvalue weighted by Crippen LogP contribution is -2.17. The number of para-hydroxylation sites is 2. The molecule has 2 N–H and O–H groups in total. The Morgan fingerprint density at radius 1 is 1.07 bits per heavy atom. The predicted molar refractivity (Wildman–Crippen MR) is 111 cm³/mol. The fourth-order valence-electron chi connectivity index (χ4n) is 2.58. The highest BCUT2D eigenvalue weighted by molar-refractivity contribution is 7.98. The second-order valence-corrected chi connectivity index (χ2v) is 6.99. The van der Waals surface area contributed by atoms with E-state index in [2.05, 4.69) is 25.5 Å². The Morgan fingerprint density at radius 2 is 1.86 bits per heavy atom. The van der Waals surface area contributed by atoms with Gasteiger partial charge in [-0.15, -0.1) is 0 Å². The first-order chi connectivity index (χ1) is 13.8. The molecule has 0 spiro atoms. The van der Waals surface area contributed by atoms with E-state index in [1.54, 1.807) is 42.5 Å². The van der Waals surface area contributed by atoms with Gasteiger partial charge in [0.1, 0.15) is 0 Å². The summed E-state index contributed by atoms with van der Waals surface area (Å²) in [7, 11) is 0. The van der Waals surface area contributed by atoms with Crippen molar-refractivity contribution in [3.05, 3.63) is 89.7 Å². The number of hydrogen-bond donors (Lipinski definition) is 2. The number of carbonyl (C=O) groups excluding carboxylic acids is 1. The molecule has 0 saturated heterocycles. The van der Waals surface area contributed by atoms with E-state index >= 15 is 0 Å². The minimum atomic E-state index is -0.248. The van der Waals surface area contributed by atoms with Crippen LogP contribution in [0.2, 0.25) is 0 Å². The molecule has 4 rings (SSSR count). The quantitative estimate of drug-likeness (QED) is 0.297. The van der Waals surface area contributed by atoms with Gasteiger partial charge in [0.25, 0.3) is 5.91 Å². The zero-order valence-electron chi connectivity index (χ0n) is 14.9. The predicted octanol–water partition coefficient (Wildman–Crippen LogP) is 4.01. The molecule has 138 valence electrons. The van der Waals surface area contributed by atoms with Gasteiger partial charge in [-0.3, -0.25) is 9.78 Å². The molecule has 2 aromatic heterocycles. The molecule has 0 aliphatic carbocycles. The van der Waals surface area contributed by atoms with Crippen LogP contribution in [0.3, 0.4) is 0 Å². The maximum atomic E-state index is 12.2. The Kier molecular flexibility index (Phi) is 5.44. The van der Waals surface area contributed by atoms with Crippen LogP contribution in [0.25, 0.3) is 11.0 Å². The van der Waals surface area contributed by atoms with Crippen molar-refractivity contribution >= 4 is 34.9 Å². The zero-order chi connectivity index (χ0) is 19.2. The maximum absolute atomic E-state index is 12.2. The van der Waals surface area contributed by atoms with Crippen molar-refractivity contribution in [2.75, 3.05) is 0 Å². The Balaban J connectivity index is 1.32. The van der Waals surface area contributed by atoms with Gasteiger partial charge in [0.15, 0.2) is 5.16 Å². The number of hydrazone groups is 1. The molecule has 2 aromatic carbocycles. The summed E-state index contributed by atoms with van der Waals surface area (Å²) in [4.78, 5) is 24.0. The summed E-state index contributed by atoms with van der Waals surface area (Å²) in [6.07, 6.45) is 4.93. The fraction of sp³-hybridized carbons (Fsp3) is 0.0476. The molecular weight excluding hydrogens is 370 g/mol. The molecular formula is C21H17N5OS. The van der Waals surface area contributed by atoms with Gasteiger partial charge in [0.2, 0.25) is 0 Å². The van der Waals surface area contributed by atoms with Gasteiger partial charge in [0.05, 0.1) is 17.2 Å². The smallest absolute Gasteiger partial charge is 0.271 e. The molecule has 4 aromatic rings. The van der Waals surface area contributed by atoms with E-state index in [1.165, 1.54) is 0 Å². The van der Waals surface area contributed by atoms with E-state index in [4.69, 9.17) is 0 Å². The van der Waals surface area contributed by atoms with Crippen LogP contribution in [-0.2, 0) is 5.75 Å². The number of carbonyl (C=O) groups is 1. The van der Waals surface area contributed by atoms with Gasteiger partial charge in [-0.2, -0.15) is 5.10 Å². The molecule has 0 unspecified atom stereocenters. The monoisotopic (exact) mass is 387 g/mol. The molecule has 0 saturated carbocycles. The molecule has 2 heterocycles. The number of aromatic nitrogens is 3. The Morgan fingerprint density at radius 3 is 2.64 bits per heavy atom. The first-order valence-corrected chi connectivity index (χ1v) is 9.66. The number of benzene rings is 2. The summed E-state index contributed by atoms with van der Waals surface area (Å²) in [5.74, 6) is 0.517. The Bertz CT molecular complexity index is 1070. The molecule has 0 aliphatic heterocycles. The number of fused-ring (bicyclic) bond motifs is 1. The second-order valence-electron chi connectivity index (χ2n) is 6.02. The largest absolute Gasteiger partial charge is 0.333 e. The average Bonchev–Trinajstić information content (AvgIpc) is 3.16. The van der Waals surface area contributed by atoms with Crippen LogP contribution in [-0.4, -0.2) is 27.1 Å². The van der Waals surface area contributed by atoms with E-state index in [0.29, 0.717) is 5.56 Å². The highest BCUT2D eigenvalue weighted by Gasteiger charge is 2.06. The van der Waals surface area contributed by atoms with Crippen LogP contribution < -0.4 is 5.43 Å². The van der Waals surface area contributed by atoms with Crippen molar-refractivity contribution < 1.29 is 4.79 Å². The fourth-order valence-corrected chi connectivity index (χ4v) is 3.42. The van der Waals surface area contributed by atoms with Crippen LogP contribution in [0.4, 0.5) is 0 Å². The molecule has 0 radical (unpaired) electrons. The Labute approximate surface area is 166 Å². The summed E-state index contributed by atoms with van der Waals surface area (Å²) < 4.78 is 0. The van der Waals surface area contributed by atoms with Crippen LogP contribution in [0.5, 0.6) is 0 Å². The van der Waals surface area contributed by atoms with Crippen molar-refractivity contribution in [1.82, 2.24) is 20.4 Å². The summed E-state index contributed by atoms with van der Waals surface area (Å²) in [5, 5.41) is 4.85. The van der Waals surface area contributed by atoms with Crippen LogP contribution >= 0.6 is 11.8 Å². The van der Waals surface area contributed by atoms with Crippen molar-refractivity contribution in [3.8, 4) is 0 Å². The number of imidazole rings is 1. The van der Waals surface area contributed by atoms with Crippen molar-refractivity contribution in [2.45, 2.75) is 10.9 Å². The molecule has 1 amide bonds. The molecule has 28 heavy (non-hydrogen) atoms. The van der Waals surface area contributed by atoms with E-state index < -0.39 is 0 Å². The molecule has 7 heteroatoms. The lowest BCUT2D eigenvalue weighted by atomic mass is 10.1. The number of thioether (sulfide) groups is 1. The van der Waals surface area contributed by atoms with Gasteiger partial charge in [-0.05, 0) is 47.5 Å². The first kappa shape index (κ1) is 17.9. The number of hydrogen-bond acceptors (Lipinski definition) is 5. The number of pyridine rings is 1. The normalized spacial score (nSPS) is 11.1. The molecule has 0 bridgehead atoms. The van der Waals surface area contributed by atoms with Gasteiger partial charge in [-0.1, -0.05) is 36.0 Å². The number of nitrogens with one attached hydrogen (secondary N) is 2. The average molecular weight is 387 g/mol. The van der Waals surface area contributed by atoms with E-state index in [-0.39, 0.29) is 5.91 Å². The van der Waals surface area contributed by atoms with E-state index in [9.17, 15) is 4.79 Å². The second kappa shape index (κ2) is 8.49. The standard InChI is InChI=1S/C21H17N5OS/c27-20(26-23-13-15-9-11-22-12-10-15)17-7-5-16(6-8-17)14-28-21-24-18-3-1-2-4-19(18)25-21/h1-13H,14H2,(H,24,25)(H,26,27). The van der Waals surface area contributed by atoms with Crippen molar-refractivity contribution in [3.63, 3.8) is 0 Å². The molecule has 0 atom stereocenters. The number of rotatable bonds is 6. The first-order valence-electron chi connectivity index (χ1n) is 8.68. The van der Waals surface area contributed by atoms with E-state index in [0.717, 1.165) is 33.1 Å². The minimum absolute atomic E-state index is 0.248. The highest BCUT2D eigenvalue weighted by atomic mass is 32.2. The van der Waals surface area contributed by atoms with Gasteiger partial charge in [0, 0.05) is 23.7 Å². The number of aromatic amines is 1. The zero-order valence-corrected chi connectivity index (χ0v) is 15.7.